The zero-order chi connectivity index (χ0) is 19.4. The largest absolute Gasteiger partial charge is 0.416 e. The van der Waals surface area contributed by atoms with Crippen molar-refractivity contribution in [2.75, 3.05) is 19.7 Å². The number of ether oxygens (including phenoxy) is 1. The number of amides is 2. The molecule has 3 rings (SSSR count). The Hall–Kier alpha value is -2.61. The average molecular weight is 382 g/mol. The Morgan fingerprint density at radius 1 is 1.11 bits per heavy atom. The number of alkyl halides is 3. The van der Waals surface area contributed by atoms with Crippen molar-refractivity contribution in [1.29, 1.82) is 0 Å². The van der Waals surface area contributed by atoms with Crippen molar-refractivity contribution in [2.45, 2.75) is 18.8 Å². The highest BCUT2D eigenvalue weighted by Gasteiger charge is 2.31. The minimum absolute atomic E-state index is 0.237. The first-order chi connectivity index (χ1) is 12.8. The molecule has 0 saturated carbocycles. The maximum absolute atomic E-state index is 12.9. The van der Waals surface area contributed by atoms with Crippen LogP contribution in [-0.4, -0.2) is 30.6 Å². The van der Waals surface area contributed by atoms with Gasteiger partial charge in [-0.1, -0.05) is 24.3 Å². The standard InChI is InChI=1S/C19H18F4N2O2/c20-16-7-1-13(2-8-16)11-24-18(26)25-9-10-27-17(12-25)14-3-5-15(6-4-14)19(21,22)23/h1-8,17H,9-12H2,(H,24,26). The predicted molar refractivity (Wildman–Crippen MR) is 90.3 cm³/mol. The van der Waals surface area contributed by atoms with E-state index >= 15 is 0 Å². The Bertz CT molecular complexity index is 776. The lowest BCUT2D eigenvalue weighted by molar-refractivity contribution is -0.137. The SMILES string of the molecule is O=C(NCc1ccc(F)cc1)N1CCOC(c2ccc(C(F)(F)F)cc2)C1. The Morgan fingerprint density at radius 2 is 1.78 bits per heavy atom. The third-order valence-electron chi connectivity index (χ3n) is 4.32. The number of morpholine rings is 1. The van der Waals surface area contributed by atoms with E-state index in [1.165, 1.54) is 24.3 Å². The van der Waals surface area contributed by atoms with Gasteiger partial charge in [-0.05, 0) is 35.4 Å². The van der Waals surface area contributed by atoms with E-state index in [1.807, 2.05) is 0 Å². The quantitative estimate of drug-likeness (QED) is 0.812. The van der Waals surface area contributed by atoms with E-state index in [0.717, 1.165) is 17.7 Å². The highest BCUT2D eigenvalue weighted by Crippen LogP contribution is 2.31. The molecular formula is C19H18F4N2O2. The van der Waals surface area contributed by atoms with E-state index in [1.54, 1.807) is 17.0 Å². The van der Waals surface area contributed by atoms with Gasteiger partial charge in [0, 0.05) is 13.1 Å². The fourth-order valence-electron chi connectivity index (χ4n) is 2.81. The molecule has 4 nitrogen and oxygen atoms in total. The highest BCUT2D eigenvalue weighted by atomic mass is 19.4. The Labute approximate surface area is 153 Å². The van der Waals surface area contributed by atoms with E-state index in [0.29, 0.717) is 12.1 Å². The minimum atomic E-state index is -4.39. The van der Waals surface area contributed by atoms with Gasteiger partial charge in [0.1, 0.15) is 11.9 Å². The van der Waals surface area contributed by atoms with E-state index in [2.05, 4.69) is 5.32 Å². The van der Waals surface area contributed by atoms with Gasteiger partial charge in [0.25, 0.3) is 0 Å². The number of carbonyl (C=O) groups is 1. The van der Waals surface area contributed by atoms with Crippen molar-refractivity contribution in [3.05, 3.63) is 71.0 Å². The summed E-state index contributed by atoms with van der Waals surface area (Å²) in [4.78, 5) is 13.9. The van der Waals surface area contributed by atoms with Crippen molar-refractivity contribution < 1.29 is 27.1 Å². The summed E-state index contributed by atoms with van der Waals surface area (Å²) >= 11 is 0. The summed E-state index contributed by atoms with van der Waals surface area (Å²) in [5.41, 5.74) is 0.618. The van der Waals surface area contributed by atoms with Gasteiger partial charge in [0.15, 0.2) is 0 Å². The molecule has 2 aromatic rings. The molecular weight excluding hydrogens is 364 g/mol. The van der Waals surface area contributed by atoms with Gasteiger partial charge < -0.3 is 15.0 Å². The van der Waals surface area contributed by atoms with Crippen molar-refractivity contribution in [2.24, 2.45) is 0 Å². The summed E-state index contributed by atoms with van der Waals surface area (Å²) in [5, 5.41) is 2.75. The summed E-state index contributed by atoms with van der Waals surface area (Å²) in [7, 11) is 0. The minimum Gasteiger partial charge on any atom is -0.370 e. The lowest BCUT2D eigenvalue weighted by atomic mass is 10.1. The maximum Gasteiger partial charge on any atom is 0.416 e. The molecule has 2 amide bonds. The summed E-state index contributed by atoms with van der Waals surface area (Å²) in [6.07, 6.45) is -4.88. The lowest BCUT2D eigenvalue weighted by Gasteiger charge is -2.33. The summed E-state index contributed by atoms with van der Waals surface area (Å²) in [5.74, 6) is -0.349. The zero-order valence-electron chi connectivity index (χ0n) is 14.3. The van der Waals surface area contributed by atoms with Crippen molar-refractivity contribution >= 4 is 6.03 Å². The molecule has 1 N–H and O–H groups in total. The van der Waals surface area contributed by atoms with Crippen LogP contribution in [0.15, 0.2) is 48.5 Å². The molecule has 0 radical (unpaired) electrons. The van der Waals surface area contributed by atoms with Crippen LogP contribution in [0.4, 0.5) is 22.4 Å². The number of nitrogens with one attached hydrogen (secondary N) is 1. The van der Waals surface area contributed by atoms with Gasteiger partial charge >= 0.3 is 12.2 Å². The van der Waals surface area contributed by atoms with Crippen LogP contribution in [0.1, 0.15) is 22.8 Å². The molecule has 1 unspecified atom stereocenters. The molecule has 0 spiro atoms. The molecule has 0 aromatic heterocycles. The van der Waals surface area contributed by atoms with Gasteiger partial charge in [-0.3, -0.25) is 0 Å². The molecule has 1 aliphatic rings. The number of urea groups is 1. The second-order valence-corrected chi connectivity index (χ2v) is 6.21. The first-order valence-corrected chi connectivity index (χ1v) is 8.39. The number of benzene rings is 2. The van der Waals surface area contributed by atoms with Gasteiger partial charge in [-0.2, -0.15) is 13.2 Å². The van der Waals surface area contributed by atoms with Crippen LogP contribution in [0.25, 0.3) is 0 Å². The van der Waals surface area contributed by atoms with Crippen LogP contribution < -0.4 is 5.32 Å². The third-order valence-corrected chi connectivity index (χ3v) is 4.32. The lowest BCUT2D eigenvalue weighted by Crippen LogP contribution is -2.46. The molecule has 1 heterocycles. The van der Waals surface area contributed by atoms with E-state index < -0.39 is 17.8 Å². The highest BCUT2D eigenvalue weighted by molar-refractivity contribution is 5.74. The van der Waals surface area contributed by atoms with Gasteiger partial charge in [0.05, 0.1) is 18.7 Å². The van der Waals surface area contributed by atoms with Crippen molar-refractivity contribution in [3.8, 4) is 0 Å². The number of halogens is 4. The molecule has 0 bridgehead atoms. The number of rotatable bonds is 3. The number of nitrogens with zero attached hydrogens (tertiary/aromatic N) is 1. The van der Waals surface area contributed by atoms with Crippen LogP contribution in [0, 0.1) is 5.82 Å². The Morgan fingerprint density at radius 3 is 2.41 bits per heavy atom. The Kier molecular flexibility index (Phi) is 5.65. The first-order valence-electron chi connectivity index (χ1n) is 8.39. The van der Waals surface area contributed by atoms with Crippen LogP contribution in [0.3, 0.4) is 0 Å². The van der Waals surface area contributed by atoms with Crippen LogP contribution in [-0.2, 0) is 17.5 Å². The number of hydrogen-bond acceptors (Lipinski definition) is 2. The second kappa shape index (κ2) is 7.96. The fraction of sp³-hybridized carbons (Fsp3) is 0.316. The van der Waals surface area contributed by atoms with E-state index in [-0.39, 0.29) is 31.5 Å². The summed E-state index contributed by atoms with van der Waals surface area (Å²) in [6.45, 7) is 1.16. The van der Waals surface area contributed by atoms with Crippen LogP contribution in [0.2, 0.25) is 0 Å². The molecule has 1 atom stereocenters. The molecule has 1 fully saturated rings. The first kappa shape index (κ1) is 19.2. The Balaban J connectivity index is 1.58. The van der Waals surface area contributed by atoms with Gasteiger partial charge in [-0.25, -0.2) is 9.18 Å². The van der Waals surface area contributed by atoms with Crippen molar-refractivity contribution in [3.63, 3.8) is 0 Å². The fourth-order valence-corrected chi connectivity index (χ4v) is 2.81. The molecule has 27 heavy (non-hydrogen) atoms. The van der Waals surface area contributed by atoms with Crippen molar-refractivity contribution in [1.82, 2.24) is 10.2 Å². The topological polar surface area (TPSA) is 41.6 Å². The molecule has 2 aromatic carbocycles. The van der Waals surface area contributed by atoms with Gasteiger partial charge in [0.2, 0.25) is 0 Å². The monoisotopic (exact) mass is 382 g/mol. The maximum atomic E-state index is 12.9. The number of hydrogen-bond donors (Lipinski definition) is 1. The van der Waals surface area contributed by atoms with Crippen LogP contribution >= 0.6 is 0 Å². The predicted octanol–water partition coefficient (Wildman–Crippen LogP) is 4.13. The molecule has 0 aliphatic carbocycles. The molecule has 144 valence electrons. The third kappa shape index (κ3) is 4.97. The van der Waals surface area contributed by atoms with E-state index in [9.17, 15) is 22.4 Å². The normalized spacial score (nSPS) is 17.6. The smallest absolute Gasteiger partial charge is 0.370 e. The van der Waals surface area contributed by atoms with Gasteiger partial charge in [-0.15, -0.1) is 0 Å². The summed E-state index contributed by atoms with van der Waals surface area (Å²) in [6, 6.07) is 10.2. The summed E-state index contributed by atoms with van der Waals surface area (Å²) < 4.78 is 56.5. The van der Waals surface area contributed by atoms with E-state index in [4.69, 9.17) is 4.74 Å². The number of carbonyl (C=O) groups excluding carboxylic acids is 1. The van der Waals surface area contributed by atoms with Crippen LogP contribution in [0.5, 0.6) is 0 Å². The molecule has 1 aliphatic heterocycles. The molecule has 1 saturated heterocycles. The second-order valence-electron chi connectivity index (χ2n) is 6.21. The molecule has 8 heteroatoms. The zero-order valence-corrected chi connectivity index (χ0v) is 14.3. The average Bonchev–Trinajstić information content (AvgIpc) is 2.67.